The number of likely N-dealkylation sites (N-methyl/N-ethyl adjacent to an activating group) is 1. The first-order valence-electron chi connectivity index (χ1n) is 9.04. The van der Waals surface area contributed by atoms with Gasteiger partial charge in [-0.25, -0.2) is 9.37 Å². The number of amides is 1. The number of fused-ring (bicyclic) bond motifs is 1. The minimum absolute atomic E-state index is 0. The van der Waals surface area contributed by atoms with Crippen molar-refractivity contribution in [3.8, 4) is 0 Å². The second-order valence-electron chi connectivity index (χ2n) is 6.36. The lowest BCUT2D eigenvalue weighted by Gasteiger charge is -2.24. The van der Waals surface area contributed by atoms with E-state index in [2.05, 4.69) is 28.8 Å². The number of nitrogens with zero attached hydrogens (tertiary/aromatic N) is 5. The van der Waals surface area contributed by atoms with E-state index >= 15 is 0 Å². The van der Waals surface area contributed by atoms with Crippen molar-refractivity contribution in [1.82, 2.24) is 19.7 Å². The van der Waals surface area contributed by atoms with Gasteiger partial charge in [0.25, 0.3) is 5.91 Å². The number of thiazole rings is 1. The maximum Gasteiger partial charge on any atom is 0.278 e. The van der Waals surface area contributed by atoms with Crippen LogP contribution in [0.3, 0.4) is 0 Å². The van der Waals surface area contributed by atoms with Crippen molar-refractivity contribution in [2.75, 3.05) is 31.1 Å². The van der Waals surface area contributed by atoms with Crippen LogP contribution < -0.4 is 4.90 Å². The highest BCUT2D eigenvalue weighted by Gasteiger charge is 2.25. The number of para-hydroxylation sites is 1. The van der Waals surface area contributed by atoms with E-state index in [9.17, 15) is 9.18 Å². The molecule has 0 spiro atoms. The molecule has 0 saturated carbocycles. The van der Waals surface area contributed by atoms with Crippen molar-refractivity contribution in [2.45, 2.75) is 20.8 Å². The standard InChI is InChI=1S/C19H24FN5OS.ClH/c1-5-24(6-2)10-11-25(18(26)15-12-13(3)22-23(15)4)19-21-17-14(20)8-7-9-16(17)27-19;/h7-9,12H,5-6,10-11H2,1-4H3;1H. The van der Waals surface area contributed by atoms with E-state index in [-0.39, 0.29) is 24.1 Å². The van der Waals surface area contributed by atoms with Gasteiger partial charge in [-0.05, 0) is 38.2 Å². The molecule has 3 aromatic rings. The molecule has 2 aromatic heterocycles. The molecule has 1 aromatic carbocycles. The molecule has 2 heterocycles. The van der Waals surface area contributed by atoms with E-state index in [1.807, 2.05) is 13.0 Å². The molecule has 0 fully saturated rings. The van der Waals surface area contributed by atoms with Gasteiger partial charge in [0.05, 0.1) is 10.4 Å². The second kappa shape index (κ2) is 9.45. The Morgan fingerprint density at radius 2 is 1.96 bits per heavy atom. The number of aryl methyl sites for hydroxylation is 2. The Kier molecular flexibility index (Phi) is 7.51. The summed E-state index contributed by atoms with van der Waals surface area (Å²) in [7, 11) is 1.75. The van der Waals surface area contributed by atoms with Crippen LogP contribution in [0.4, 0.5) is 9.52 Å². The molecule has 0 unspecified atom stereocenters. The van der Waals surface area contributed by atoms with Crippen molar-refractivity contribution in [1.29, 1.82) is 0 Å². The third kappa shape index (κ3) is 4.51. The maximum atomic E-state index is 14.1. The number of hydrogen-bond acceptors (Lipinski definition) is 5. The molecule has 0 N–H and O–H groups in total. The van der Waals surface area contributed by atoms with E-state index in [4.69, 9.17) is 0 Å². The second-order valence-corrected chi connectivity index (χ2v) is 7.37. The van der Waals surface area contributed by atoms with Gasteiger partial charge in [0.1, 0.15) is 17.0 Å². The minimum atomic E-state index is -0.373. The monoisotopic (exact) mass is 425 g/mol. The molecule has 9 heteroatoms. The molecule has 0 aliphatic rings. The largest absolute Gasteiger partial charge is 0.302 e. The van der Waals surface area contributed by atoms with Crippen LogP contribution in [-0.4, -0.2) is 51.8 Å². The molecule has 6 nitrogen and oxygen atoms in total. The third-order valence-corrected chi connectivity index (χ3v) is 5.63. The highest BCUT2D eigenvalue weighted by Crippen LogP contribution is 2.31. The summed E-state index contributed by atoms with van der Waals surface area (Å²) in [6.45, 7) is 9.03. The normalized spacial score (nSPS) is 11.1. The molecule has 0 radical (unpaired) electrons. The van der Waals surface area contributed by atoms with Gasteiger partial charge in [0, 0.05) is 20.1 Å². The van der Waals surface area contributed by atoms with Crippen LogP contribution in [0.5, 0.6) is 0 Å². The Balaban J connectivity index is 0.00000280. The first kappa shape index (κ1) is 22.3. The zero-order valence-corrected chi connectivity index (χ0v) is 18.1. The molecule has 28 heavy (non-hydrogen) atoms. The van der Waals surface area contributed by atoms with Crippen molar-refractivity contribution in [3.63, 3.8) is 0 Å². The molecule has 3 rings (SSSR count). The first-order valence-corrected chi connectivity index (χ1v) is 9.86. The quantitative estimate of drug-likeness (QED) is 0.576. The van der Waals surface area contributed by atoms with Gasteiger partial charge in [-0.1, -0.05) is 31.3 Å². The number of anilines is 1. The Morgan fingerprint density at radius 3 is 2.54 bits per heavy atom. The zero-order valence-electron chi connectivity index (χ0n) is 16.5. The lowest BCUT2D eigenvalue weighted by molar-refractivity contribution is 0.0974. The van der Waals surface area contributed by atoms with E-state index in [0.717, 1.165) is 23.5 Å². The Bertz CT molecular complexity index is 953. The number of hydrogen-bond donors (Lipinski definition) is 0. The summed E-state index contributed by atoms with van der Waals surface area (Å²) in [5, 5.41) is 4.78. The van der Waals surface area contributed by atoms with Crippen LogP contribution in [0, 0.1) is 12.7 Å². The van der Waals surface area contributed by atoms with E-state index < -0.39 is 0 Å². The molecule has 0 aliphatic heterocycles. The molecular formula is C19H25ClFN5OS. The van der Waals surface area contributed by atoms with E-state index in [1.165, 1.54) is 17.4 Å². The summed E-state index contributed by atoms with van der Waals surface area (Å²) in [6, 6.07) is 6.63. The fourth-order valence-corrected chi connectivity index (χ4v) is 4.04. The van der Waals surface area contributed by atoms with Crippen molar-refractivity contribution in [3.05, 3.63) is 41.5 Å². The summed E-state index contributed by atoms with van der Waals surface area (Å²) < 4.78 is 16.4. The lowest BCUT2D eigenvalue weighted by Crippen LogP contribution is -2.39. The Hall–Kier alpha value is -2.03. The maximum absolute atomic E-state index is 14.1. The Morgan fingerprint density at radius 1 is 1.25 bits per heavy atom. The first-order chi connectivity index (χ1) is 12.9. The highest BCUT2D eigenvalue weighted by atomic mass is 35.5. The van der Waals surface area contributed by atoms with E-state index in [0.29, 0.717) is 29.4 Å². The van der Waals surface area contributed by atoms with Gasteiger partial charge in [0.15, 0.2) is 5.13 Å². The number of halogens is 2. The average molecular weight is 426 g/mol. The van der Waals surface area contributed by atoms with Gasteiger partial charge in [0.2, 0.25) is 0 Å². The third-order valence-electron chi connectivity index (χ3n) is 4.59. The average Bonchev–Trinajstić information content (AvgIpc) is 3.22. The van der Waals surface area contributed by atoms with Crippen LogP contribution in [0.25, 0.3) is 10.2 Å². The fourth-order valence-electron chi connectivity index (χ4n) is 3.03. The summed E-state index contributed by atoms with van der Waals surface area (Å²) >= 11 is 1.33. The molecule has 0 saturated heterocycles. The van der Waals surface area contributed by atoms with Gasteiger partial charge >= 0.3 is 0 Å². The molecule has 152 valence electrons. The minimum Gasteiger partial charge on any atom is -0.302 e. The van der Waals surface area contributed by atoms with Crippen LogP contribution >= 0.6 is 23.7 Å². The van der Waals surface area contributed by atoms with Crippen molar-refractivity contribution in [2.24, 2.45) is 7.05 Å². The van der Waals surface area contributed by atoms with Gasteiger partial charge in [-0.2, -0.15) is 5.10 Å². The highest BCUT2D eigenvalue weighted by molar-refractivity contribution is 7.22. The zero-order chi connectivity index (χ0) is 19.6. The predicted octanol–water partition coefficient (Wildman–Crippen LogP) is 3.89. The number of benzene rings is 1. The van der Waals surface area contributed by atoms with Gasteiger partial charge in [-0.3, -0.25) is 14.4 Å². The number of rotatable bonds is 7. The topological polar surface area (TPSA) is 54.3 Å². The predicted molar refractivity (Wildman–Crippen MR) is 114 cm³/mol. The number of aromatic nitrogens is 3. The summed E-state index contributed by atoms with van der Waals surface area (Å²) in [4.78, 5) is 21.6. The summed E-state index contributed by atoms with van der Waals surface area (Å²) in [6.07, 6.45) is 0. The summed E-state index contributed by atoms with van der Waals surface area (Å²) in [5.74, 6) is -0.549. The smallest absolute Gasteiger partial charge is 0.278 e. The van der Waals surface area contributed by atoms with Crippen LogP contribution in [0.1, 0.15) is 30.0 Å². The van der Waals surface area contributed by atoms with Crippen molar-refractivity contribution >= 4 is 45.0 Å². The number of carbonyl (C=O) groups is 1. The lowest BCUT2D eigenvalue weighted by atomic mass is 10.3. The SMILES string of the molecule is CCN(CC)CCN(C(=O)c1cc(C)nn1C)c1nc2c(F)cccc2s1.Cl. The molecule has 0 bridgehead atoms. The van der Waals surface area contributed by atoms with Gasteiger partial charge in [-0.15, -0.1) is 12.4 Å². The molecule has 0 atom stereocenters. The molecule has 1 amide bonds. The Labute approximate surface area is 174 Å². The van der Waals surface area contributed by atoms with Crippen LogP contribution in [0.15, 0.2) is 24.3 Å². The summed E-state index contributed by atoms with van der Waals surface area (Å²) in [5.41, 5.74) is 1.57. The van der Waals surface area contributed by atoms with Crippen LogP contribution in [-0.2, 0) is 7.05 Å². The molecular weight excluding hydrogens is 401 g/mol. The van der Waals surface area contributed by atoms with Gasteiger partial charge < -0.3 is 4.90 Å². The molecule has 0 aliphatic carbocycles. The van der Waals surface area contributed by atoms with Crippen molar-refractivity contribution < 1.29 is 9.18 Å². The fraction of sp³-hybridized carbons (Fsp3) is 0.421. The number of carbonyl (C=O) groups excluding carboxylic acids is 1. The van der Waals surface area contributed by atoms with E-state index in [1.54, 1.807) is 28.8 Å². The van der Waals surface area contributed by atoms with Crippen LogP contribution in [0.2, 0.25) is 0 Å².